The van der Waals surface area contributed by atoms with E-state index in [0.29, 0.717) is 12.8 Å². The minimum absolute atomic E-state index is 0.322. The molecule has 0 saturated heterocycles. The highest BCUT2D eigenvalue weighted by Gasteiger charge is 2.36. The number of carbonyl (C=O) groups is 1. The summed E-state index contributed by atoms with van der Waals surface area (Å²) in [6.45, 7) is 1.11. The van der Waals surface area contributed by atoms with Crippen LogP contribution in [0.5, 0.6) is 0 Å². The van der Waals surface area contributed by atoms with Gasteiger partial charge >= 0.3 is 5.97 Å². The fourth-order valence-corrected chi connectivity index (χ4v) is 2.36. The largest absolute Gasteiger partial charge is 0.481 e. The Morgan fingerprint density at radius 3 is 1.92 bits per heavy atom. The Hall–Kier alpha value is -1.39. The predicted molar refractivity (Wildman–Crippen MR) is 98.9 cm³/mol. The van der Waals surface area contributed by atoms with E-state index in [1.165, 1.54) is 0 Å². The van der Waals surface area contributed by atoms with Gasteiger partial charge in [0.2, 0.25) is 0 Å². The SMILES string of the molecule is CC/C=C\C/C=C\C/C=C\CCCCCCC(CO)(CO)C(=O)O. The summed E-state index contributed by atoms with van der Waals surface area (Å²) in [4.78, 5) is 11.1. The standard InChI is InChI=1S/C20H34O4/c1-2-3-4-5-6-7-8-9-10-11-12-13-14-15-16-20(17-21,18-22)19(23)24/h3-4,6-7,9-10,21-22H,2,5,8,11-18H2,1H3,(H,23,24)/b4-3-,7-6-,10-9-. The second-order valence-corrected chi connectivity index (χ2v) is 6.15. The molecule has 4 heteroatoms. The summed E-state index contributed by atoms with van der Waals surface area (Å²) < 4.78 is 0. The predicted octanol–water partition coefficient (Wildman–Crippen LogP) is 4.24. The van der Waals surface area contributed by atoms with Gasteiger partial charge in [-0.1, -0.05) is 62.6 Å². The molecule has 0 heterocycles. The number of unbranched alkanes of at least 4 members (excludes halogenated alkanes) is 4. The number of allylic oxidation sites excluding steroid dienone is 6. The molecule has 0 fully saturated rings. The molecule has 0 aliphatic heterocycles. The van der Waals surface area contributed by atoms with Crippen molar-refractivity contribution in [2.24, 2.45) is 5.41 Å². The van der Waals surface area contributed by atoms with E-state index in [1.807, 2.05) is 0 Å². The van der Waals surface area contributed by atoms with E-state index in [4.69, 9.17) is 5.11 Å². The number of carboxylic acids is 1. The average Bonchev–Trinajstić information content (AvgIpc) is 2.58. The molecule has 0 radical (unpaired) electrons. The number of hydrogen-bond acceptors (Lipinski definition) is 3. The van der Waals surface area contributed by atoms with Crippen molar-refractivity contribution in [3.8, 4) is 0 Å². The van der Waals surface area contributed by atoms with Crippen molar-refractivity contribution in [3.05, 3.63) is 36.5 Å². The quantitative estimate of drug-likeness (QED) is 0.308. The van der Waals surface area contributed by atoms with E-state index in [0.717, 1.165) is 44.9 Å². The molecular formula is C20H34O4. The Labute approximate surface area is 146 Å². The maximum atomic E-state index is 11.1. The summed E-state index contributed by atoms with van der Waals surface area (Å²) in [6, 6.07) is 0. The molecule has 0 bridgehead atoms. The van der Waals surface area contributed by atoms with Crippen LogP contribution in [0, 0.1) is 5.41 Å². The van der Waals surface area contributed by atoms with Gasteiger partial charge in [0, 0.05) is 0 Å². The highest BCUT2D eigenvalue weighted by Crippen LogP contribution is 2.24. The third-order valence-corrected chi connectivity index (χ3v) is 4.12. The van der Waals surface area contributed by atoms with Crippen LogP contribution < -0.4 is 0 Å². The molecule has 0 saturated carbocycles. The first-order chi connectivity index (χ1) is 11.6. The summed E-state index contributed by atoms with van der Waals surface area (Å²) in [5.41, 5.74) is -1.38. The third kappa shape index (κ3) is 10.4. The topological polar surface area (TPSA) is 77.8 Å². The number of hydrogen-bond donors (Lipinski definition) is 3. The van der Waals surface area contributed by atoms with Crippen LogP contribution in [0.15, 0.2) is 36.5 Å². The van der Waals surface area contributed by atoms with Crippen LogP contribution >= 0.6 is 0 Å². The van der Waals surface area contributed by atoms with Gasteiger partial charge in [0.15, 0.2) is 0 Å². The molecule has 4 nitrogen and oxygen atoms in total. The van der Waals surface area contributed by atoms with Gasteiger partial charge in [0.25, 0.3) is 0 Å². The normalized spacial score (nSPS) is 12.8. The maximum Gasteiger partial charge on any atom is 0.314 e. The second-order valence-electron chi connectivity index (χ2n) is 6.15. The maximum absolute atomic E-state index is 11.1. The van der Waals surface area contributed by atoms with Crippen molar-refractivity contribution in [1.82, 2.24) is 0 Å². The van der Waals surface area contributed by atoms with E-state index >= 15 is 0 Å². The van der Waals surface area contributed by atoms with E-state index in [2.05, 4.69) is 43.4 Å². The van der Waals surface area contributed by atoms with E-state index in [9.17, 15) is 15.0 Å². The molecule has 24 heavy (non-hydrogen) atoms. The molecule has 0 atom stereocenters. The summed E-state index contributed by atoms with van der Waals surface area (Å²) in [5, 5.41) is 27.5. The number of carboxylic acid groups (broad SMARTS) is 1. The zero-order chi connectivity index (χ0) is 18.1. The Morgan fingerprint density at radius 2 is 1.38 bits per heavy atom. The Bertz CT molecular complexity index is 392. The lowest BCUT2D eigenvalue weighted by Crippen LogP contribution is -2.38. The second kappa shape index (κ2) is 15.2. The third-order valence-electron chi connectivity index (χ3n) is 4.12. The van der Waals surface area contributed by atoms with E-state index < -0.39 is 24.6 Å². The average molecular weight is 338 g/mol. The van der Waals surface area contributed by atoms with Gasteiger partial charge in [-0.25, -0.2) is 0 Å². The smallest absolute Gasteiger partial charge is 0.314 e. The van der Waals surface area contributed by atoms with Crippen molar-refractivity contribution >= 4 is 5.97 Å². The van der Waals surface area contributed by atoms with Crippen molar-refractivity contribution < 1.29 is 20.1 Å². The number of aliphatic hydroxyl groups excluding tert-OH is 2. The molecule has 0 aliphatic rings. The minimum atomic E-state index is -1.38. The van der Waals surface area contributed by atoms with Crippen molar-refractivity contribution in [2.45, 2.75) is 64.7 Å². The van der Waals surface area contributed by atoms with E-state index in [1.54, 1.807) is 0 Å². The van der Waals surface area contributed by atoms with Gasteiger partial charge in [-0.15, -0.1) is 0 Å². The van der Waals surface area contributed by atoms with Gasteiger partial charge in [0.05, 0.1) is 13.2 Å². The first-order valence-electron chi connectivity index (χ1n) is 9.03. The molecule has 138 valence electrons. The van der Waals surface area contributed by atoms with Gasteiger partial charge in [-0.3, -0.25) is 4.79 Å². The molecule has 0 aliphatic carbocycles. The molecule has 0 aromatic heterocycles. The van der Waals surface area contributed by atoms with Crippen LogP contribution in [0.2, 0.25) is 0 Å². The monoisotopic (exact) mass is 338 g/mol. The molecule has 0 spiro atoms. The fourth-order valence-electron chi connectivity index (χ4n) is 2.36. The van der Waals surface area contributed by atoms with Gasteiger partial charge in [-0.05, 0) is 38.5 Å². The lowest BCUT2D eigenvalue weighted by atomic mass is 9.84. The lowest BCUT2D eigenvalue weighted by molar-refractivity contribution is -0.155. The summed E-state index contributed by atoms with van der Waals surface area (Å²) in [5.74, 6) is -1.12. The number of aliphatic carboxylic acids is 1. The van der Waals surface area contributed by atoms with Crippen molar-refractivity contribution in [1.29, 1.82) is 0 Å². The molecular weight excluding hydrogens is 304 g/mol. The highest BCUT2D eigenvalue weighted by molar-refractivity contribution is 5.74. The first-order valence-corrected chi connectivity index (χ1v) is 9.03. The summed E-state index contributed by atoms with van der Waals surface area (Å²) in [7, 11) is 0. The van der Waals surface area contributed by atoms with Crippen molar-refractivity contribution in [2.75, 3.05) is 13.2 Å². The van der Waals surface area contributed by atoms with Gasteiger partial charge in [0.1, 0.15) is 5.41 Å². The van der Waals surface area contributed by atoms with Crippen molar-refractivity contribution in [3.63, 3.8) is 0 Å². The van der Waals surface area contributed by atoms with Crippen LogP contribution in [-0.4, -0.2) is 34.5 Å². The molecule has 0 aromatic carbocycles. The lowest BCUT2D eigenvalue weighted by Gasteiger charge is -2.24. The molecule has 0 rings (SSSR count). The molecule has 0 aromatic rings. The van der Waals surface area contributed by atoms with Crippen LogP contribution in [0.3, 0.4) is 0 Å². The zero-order valence-electron chi connectivity index (χ0n) is 15.0. The minimum Gasteiger partial charge on any atom is -0.481 e. The Kier molecular flexibility index (Phi) is 14.3. The van der Waals surface area contributed by atoms with Crippen LogP contribution in [0.1, 0.15) is 64.7 Å². The Balaban J connectivity index is 3.65. The molecule has 3 N–H and O–H groups in total. The molecule has 0 amide bonds. The van der Waals surface area contributed by atoms with Gasteiger partial charge in [-0.2, -0.15) is 0 Å². The molecule has 0 unspecified atom stereocenters. The Morgan fingerprint density at radius 1 is 0.833 bits per heavy atom. The number of aliphatic hydroxyl groups is 2. The van der Waals surface area contributed by atoms with Gasteiger partial charge < -0.3 is 15.3 Å². The first kappa shape index (κ1) is 22.6. The summed E-state index contributed by atoms with van der Waals surface area (Å²) in [6.07, 6.45) is 21.2. The fraction of sp³-hybridized carbons (Fsp3) is 0.650. The van der Waals surface area contributed by atoms with Crippen LogP contribution in [0.4, 0.5) is 0 Å². The highest BCUT2D eigenvalue weighted by atomic mass is 16.4. The van der Waals surface area contributed by atoms with E-state index in [-0.39, 0.29) is 0 Å². The number of rotatable bonds is 15. The van der Waals surface area contributed by atoms with Crippen LogP contribution in [0.25, 0.3) is 0 Å². The van der Waals surface area contributed by atoms with Crippen LogP contribution in [-0.2, 0) is 4.79 Å². The zero-order valence-corrected chi connectivity index (χ0v) is 15.0. The summed E-state index contributed by atoms with van der Waals surface area (Å²) >= 11 is 0.